The van der Waals surface area contributed by atoms with Gasteiger partial charge in [0.1, 0.15) is 15.5 Å². The normalized spacial score (nSPS) is 12.7. The highest BCUT2D eigenvalue weighted by molar-refractivity contribution is 7.86. The molecular weight excluding hydrogens is 552 g/mol. The summed E-state index contributed by atoms with van der Waals surface area (Å²) in [6, 6.07) is 22.9. The smallest absolute Gasteiger partial charge is 0.282 e. The summed E-state index contributed by atoms with van der Waals surface area (Å²) in [7, 11) is -8.94. The highest BCUT2D eigenvalue weighted by atomic mass is 32.2. The molecule has 2 N–H and O–H groups in total. The number of rotatable bonds is 6. The van der Waals surface area contributed by atoms with Gasteiger partial charge in [-0.2, -0.15) is 16.8 Å². The van der Waals surface area contributed by atoms with E-state index in [2.05, 4.69) is 20.5 Å². The van der Waals surface area contributed by atoms with E-state index in [1.807, 2.05) is 24.3 Å². The Morgan fingerprint density at radius 3 is 1.60 bits per heavy atom. The van der Waals surface area contributed by atoms with Crippen LogP contribution in [0.3, 0.4) is 0 Å². The van der Waals surface area contributed by atoms with Gasteiger partial charge in [0.05, 0.1) is 17.1 Å². The fourth-order valence-electron chi connectivity index (χ4n) is 4.41. The molecule has 5 aromatic carbocycles. The molecular formula is C28H22N4O6S2. The van der Waals surface area contributed by atoms with Crippen LogP contribution in [0.5, 0.6) is 0 Å². The maximum atomic E-state index is 11.9. The number of benzene rings is 5. The first-order valence-electron chi connectivity index (χ1n) is 11.9. The van der Waals surface area contributed by atoms with Crippen molar-refractivity contribution in [2.24, 2.45) is 20.5 Å². The molecule has 0 amide bonds. The molecule has 0 aliphatic rings. The zero-order valence-corrected chi connectivity index (χ0v) is 22.8. The minimum absolute atomic E-state index is 0.00542. The van der Waals surface area contributed by atoms with Gasteiger partial charge in [-0.25, -0.2) is 0 Å². The monoisotopic (exact) mass is 574 g/mol. The predicted octanol–water partition coefficient (Wildman–Crippen LogP) is 7.93. The van der Waals surface area contributed by atoms with Gasteiger partial charge in [0, 0.05) is 21.5 Å². The third-order valence-corrected chi connectivity index (χ3v) is 8.06. The van der Waals surface area contributed by atoms with Crippen molar-refractivity contribution in [1.29, 1.82) is 0 Å². The van der Waals surface area contributed by atoms with Gasteiger partial charge in [0.2, 0.25) is 0 Å². The van der Waals surface area contributed by atoms with E-state index in [1.165, 1.54) is 24.3 Å². The molecule has 0 aromatic heterocycles. The van der Waals surface area contributed by atoms with Gasteiger partial charge in [0.25, 0.3) is 20.2 Å². The summed E-state index contributed by atoms with van der Waals surface area (Å²) in [4.78, 5) is -0.551. The Balaban J connectivity index is 1.58. The van der Waals surface area contributed by atoms with Crippen LogP contribution in [0, 0.1) is 13.8 Å². The number of aryl methyl sites for hydroxylation is 2. The minimum Gasteiger partial charge on any atom is -0.282 e. The Kier molecular flexibility index (Phi) is 7.02. The van der Waals surface area contributed by atoms with Crippen LogP contribution in [-0.2, 0) is 20.2 Å². The van der Waals surface area contributed by atoms with Gasteiger partial charge < -0.3 is 0 Å². The highest BCUT2D eigenvalue weighted by Gasteiger charge is 2.18. The SMILES string of the molecule is Cc1ccc(S(=O)(=O)O)c(N=Nc2ccc(N=Nc3ccc(C)c4c(S(=O)(=O)O)cccc34)c3ccccc23)c1. The largest absolute Gasteiger partial charge is 0.296 e. The number of nitrogens with zero attached hydrogens (tertiary/aromatic N) is 4. The van der Waals surface area contributed by atoms with E-state index in [1.54, 1.807) is 50.2 Å². The molecule has 12 heteroatoms. The summed E-state index contributed by atoms with van der Waals surface area (Å²) < 4.78 is 66.7. The molecule has 202 valence electrons. The second kappa shape index (κ2) is 10.3. The predicted molar refractivity (Wildman–Crippen MR) is 152 cm³/mol. The fourth-order valence-corrected chi connectivity index (χ4v) is 5.79. The van der Waals surface area contributed by atoms with Gasteiger partial charge in [-0.05, 0) is 61.4 Å². The van der Waals surface area contributed by atoms with Crippen molar-refractivity contribution >= 4 is 64.5 Å². The molecule has 0 fully saturated rings. The van der Waals surface area contributed by atoms with Gasteiger partial charge in [-0.3, -0.25) is 9.11 Å². The van der Waals surface area contributed by atoms with E-state index >= 15 is 0 Å². The van der Waals surface area contributed by atoms with E-state index in [-0.39, 0.29) is 15.5 Å². The maximum Gasteiger partial charge on any atom is 0.296 e. The summed E-state index contributed by atoms with van der Waals surface area (Å²) >= 11 is 0. The summed E-state index contributed by atoms with van der Waals surface area (Å²) in [5, 5.41) is 19.4. The van der Waals surface area contributed by atoms with E-state index in [9.17, 15) is 25.9 Å². The molecule has 10 nitrogen and oxygen atoms in total. The number of azo groups is 2. The van der Waals surface area contributed by atoms with Crippen molar-refractivity contribution in [1.82, 2.24) is 0 Å². The van der Waals surface area contributed by atoms with E-state index < -0.39 is 20.2 Å². The molecule has 40 heavy (non-hydrogen) atoms. The Morgan fingerprint density at radius 1 is 0.525 bits per heavy atom. The molecule has 0 saturated carbocycles. The second-order valence-corrected chi connectivity index (χ2v) is 11.8. The van der Waals surface area contributed by atoms with E-state index in [0.717, 1.165) is 5.56 Å². The van der Waals surface area contributed by atoms with E-state index in [4.69, 9.17) is 0 Å². The number of fused-ring (bicyclic) bond motifs is 2. The summed E-state index contributed by atoms with van der Waals surface area (Å²) in [5.41, 5.74) is 2.77. The van der Waals surface area contributed by atoms with Crippen LogP contribution in [0.1, 0.15) is 11.1 Å². The fraction of sp³-hybridized carbons (Fsp3) is 0.0714. The van der Waals surface area contributed by atoms with Gasteiger partial charge in [-0.15, -0.1) is 20.5 Å². The number of hydrogen-bond acceptors (Lipinski definition) is 8. The lowest BCUT2D eigenvalue weighted by Gasteiger charge is -2.09. The molecule has 0 saturated heterocycles. The molecule has 0 bridgehead atoms. The molecule has 0 atom stereocenters. The van der Waals surface area contributed by atoms with Gasteiger partial charge in [-0.1, -0.05) is 48.5 Å². The topological polar surface area (TPSA) is 158 Å². The van der Waals surface area contributed by atoms with Crippen molar-refractivity contribution in [3.8, 4) is 0 Å². The zero-order chi connectivity index (χ0) is 28.7. The van der Waals surface area contributed by atoms with E-state index in [0.29, 0.717) is 44.2 Å². The average molecular weight is 575 g/mol. The van der Waals surface area contributed by atoms with Crippen molar-refractivity contribution in [2.75, 3.05) is 0 Å². The third-order valence-electron chi connectivity index (χ3n) is 6.27. The van der Waals surface area contributed by atoms with Crippen LogP contribution in [0.4, 0.5) is 22.7 Å². The van der Waals surface area contributed by atoms with Crippen LogP contribution in [0.15, 0.2) is 115 Å². The Labute approximate surface area is 230 Å². The summed E-state index contributed by atoms with van der Waals surface area (Å²) in [5.74, 6) is 0. The third kappa shape index (κ3) is 5.38. The zero-order valence-electron chi connectivity index (χ0n) is 21.2. The van der Waals surface area contributed by atoms with Gasteiger partial charge >= 0.3 is 0 Å². The molecule has 0 unspecified atom stereocenters. The molecule has 0 aliphatic heterocycles. The van der Waals surface area contributed by atoms with Crippen LogP contribution in [-0.4, -0.2) is 25.9 Å². The molecule has 5 rings (SSSR count). The van der Waals surface area contributed by atoms with Crippen LogP contribution >= 0.6 is 0 Å². The molecule has 5 aromatic rings. The summed E-state index contributed by atoms with van der Waals surface area (Å²) in [6.07, 6.45) is 0. The quantitative estimate of drug-likeness (QED) is 0.155. The standard InChI is InChI=1S/C28H22N4O6S2/c1-17-10-15-26(39(33,34)35)25(16-17)32-30-23-14-13-22(19-6-3-4-7-20(19)23)29-31-24-12-11-18(2)28-21(24)8-5-9-27(28)40(36,37)38/h3-16H,1-2H3,(H,33,34,35)(H,36,37,38). The van der Waals surface area contributed by atoms with Crippen LogP contribution in [0.2, 0.25) is 0 Å². The van der Waals surface area contributed by atoms with Crippen LogP contribution in [0.25, 0.3) is 21.5 Å². The van der Waals surface area contributed by atoms with Crippen molar-refractivity contribution < 1.29 is 25.9 Å². The molecule has 0 spiro atoms. The molecule has 0 aliphatic carbocycles. The van der Waals surface area contributed by atoms with Crippen LogP contribution < -0.4 is 0 Å². The first-order chi connectivity index (χ1) is 18.9. The molecule has 0 radical (unpaired) electrons. The van der Waals surface area contributed by atoms with Gasteiger partial charge in [0.15, 0.2) is 0 Å². The van der Waals surface area contributed by atoms with Crippen molar-refractivity contribution in [2.45, 2.75) is 23.6 Å². The van der Waals surface area contributed by atoms with Crippen molar-refractivity contribution in [3.05, 3.63) is 96.1 Å². The first-order valence-corrected chi connectivity index (χ1v) is 14.7. The maximum absolute atomic E-state index is 11.9. The highest BCUT2D eigenvalue weighted by Crippen LogP contribution is 2.38. The minimum atomic E-state index is -4.50. The Hall–Kier alpha value is -4.36. The lowest BCUT2D eigenvalue weighted by molar-refractivity contribution is 0.481. The summed E-state index contributed by atoms with van der Waals surface area (Å²) in [6.45, 7) is 3.51. The lowest BCUT2D eigenvalue weighted by atomic mass is 10.0. The lowest BCUT2D eigenvalue weighted by Crippen LogP contribution is -1.99. The second-order valence-electron chi connectivity index (χ2n) is 9.05. The number of hydrogen-bond donors (Lipinski definition) is 2. The molecule has 0 heterocycles. The Morgan fingerprint density at radius 2 is 1.02 bits per heavy atom. The van der Waals surface area contributed by atoms with Crippen molar-refractivity contribution in [3.63, 3.8) is 0 Å². The average Bonchev–Trinajstić information content (AvgIpc) is 2.90. The first kappa shape index (κ1) is 27.2. The Bertz CT molecular complexity index is 2090.